The van der Waals surface area contributed by atoms with Crippen molar-refractivity contribution < 1.29 is 4.74 Å². The van der Waals surface area contributed by atoms with E-state index in [0.29, 0.717) is 0 Å². The minimum Gasteiger partial charge on any atom is -0.501 e. The Morgan fingerprint density at radius 3 is 2.26 bits per heavy atom. The molecule has 0 spiro atoms. The predicted molar refractivity (Wildman–Crippen MR) is 86.4 cm³/mol. The molecule has 1 nitrogen and oxygen atoms in total. The molecule has 112 valence electrons. The third-order valence-corrected chi connectivity index (χ3v) is 3.26. The van der Waals surface area contributed by atoms with Crippen molar-refractivity contribution in [2.45, 2.75) is 85.0 Å². The second kappa shape index (κ2) is 15.3. The van der Waals surface area contributed by atoms with Crippen LogP contribution in [-0.2, 0) is 4.74 Å². The van der Waals surface area contributed by atoms with E-state index in [1.54, 1.807) is 0 Å². The van der Waals surface area contributed by atoms with E-state index in [1.807, 2.05) is 6.26 Å². The van der Waals surface area contributed by atoms with Gasteiger partial charge >= 0.3 is 0 Å². The van der Waals surface area contributed by atoms with Crippen LogP contribution in [0.1, 0.15) is 85.0 Å². The van der Waals surface area contributed by atoms with E-state index < -0.39 is 0 Å². The van der Waals surface area contributed by atoms with E-state index >= 15 is 0 Å². The van der Waals surface area contributed by atoms with Crippen molar-refractivity contribution >= 4 is 0 Å². The van der Waals surface area contributed by atoms with Gasteiger partial charge in [0.25, 0.3) is 0 Å². The van der Waals surface area contributed by atoms with Gasteiger partial charge in [0.05, 0.1) is 12.9 Å². The monoisotopic (exact) mass is 266 g/mol. The topological polar surface area (TPSA) is 9.23 Å². The summed E-state index contributed by atoms with van der Waals surface area (Å²) in [5, 5.41) is 0. The van der Waals surface area contributed by atoms with Crippen LogP contribution in [0.3, 0.4) is 0 Å². The zero-order chi connectivity index (χ0) is 14.2. The van der Waals surface area contributed by atoms with Crippen molar-refractivity contribution in [3.05, 3.63) is 24.0 Å². The lowest BCUT2D eigenvalue weighted by molar-refractivity contribution is 0.252. The zero-order valence-electron chi connectivity index (χ0n) is 13.4. The molecular weight excluding hydrogens is 232 g/mol. The molecule has 19 heavy (non-hydrogen) atoms. The molecule has 0 amide bonds. The lowest BCUT2D eigenvalue weighted by Crippen LogP contribution is -1.87. The summed E-state index contributed by atoms with van der Waals surface area (Å²) in [7, 11) is 0. The molecule has 0 unspecified atom stereocenters. The maximum atomic E-state index is 5.54. The van der Waals surface area contributed by atoms with Crippen molar-refractivity contribution in [3.63, 3.8) is 0 Å². The summed E-state index contributed by atoms with van der Waals surface area (Å²) in [6.45, 7) is 7.42. The van der Waals surface area contributed by atoms with Gasteiger partial charge in [-0.25, -0.2) is 0 Å². The average molecular weight is 266 g/mol. The Bertz CT molecular complexity index is 228. The highest BCUT2D eigenvalue weighted by atomic mass is 16.5. The molecule has 0 fully saturated rings. The molecule has 0 saturated heterocycles. The Labute approximate surface area is 121 Å². The second-order valence-electron chi connectivity index (χ2n) is 5.37. The van der Waals surface area contributed by atoms with Gasteiger partial charge in [0.1, 0.15) is 0 Å². The van der Waals surface area contributed by atoms with Gasteiger partial charge in [-0.1, -0.05) is 64.5 Å². The molecule has 0 bridgehead atoms. The SMILES string of the molecule is CC/C=C\CCO/C=C(\C)CCCCCCCCC. The highest BCUT2D eigenvalue weighted by Gasteiger charge is 1.93. The van der Waals surface area contributed by atoms with E-state index in [1.165, 1.54) is 56.9 Å². The van der Waals surface area contributed by atoms with Gasteiger partial charge in [0.15, 0.2) is 0 Å². The fourth-order valence-electron chi connectivity index (χ4n) is 2.04. The molecular formula is C18H34O. The van der Waals surface area contributed by atoms with Crippen LogP contribution in [-0.4, -0.2) is 6.61 Å². The van der Waals surface area contributed by atoms with E-state index in [-0.39, 0.29) is 0 Å². The molecule has 0 radical (unpaired) electrons. The Hall–Kier alpha value is -0.720. The summed E-state index contributed by atoms with van der Waals surface area (Å²) in [6, 6.07) is 0. The Morgan fingerprint density at radius 2 is 1.58 bits per heavy atom. The molecule has 0 aromatic heterocycles. The molecule has 0 rings (SSSR count). The molecule has 0 aromatic rings. The van der Waals surface area contributed by atoms with Crippen molar-refractivity contribution in [2.24, 2.45) is 0 Å². The molecule has 0 aliphatic carbocycles. The highest BCUT2D eigenvalue weighted by molar-refractivity contribution is 4.92. The molecule has 0 atom stereocenters. The van der Waals surface area contributed by atoms with Crippen LogP contribution in [0.2, 0.25) is 0 Å². The van der Waals surface area contributed by atoms with Gasteiger partial charge in [-0.2, -0.15) is 0 Å². The fraction of sp³-hybridized carbons (Fsp3) is 0.778. The first-order chi connectivity index (χ1) is 9.31. The first-order valence-corrected chi connectivity index (χ1v) is 8.23. The van der Waals surface area contributed by atoms with Crippen LogP contribution in [0.5, 0.6) is 0 Å². The lowest BCUT2D eigenvalue weighted by Gasteiger charge is -2.03. The first kappa shape index (κ1) is 18.3. The van der Waals surface area contributed by atoms with Crippen molar-refractivity contribution in [1.29, 1.82) is 0 Å². The van der Waals surface area contributed by atoms with E-state index in [0.717, 1.165) is 19.4 Å². The number of rotatable bonds is 13. The van der Waals surface area contributed by atoms with Crippen LogP contribution in [0.25, 0.3) is 0 Å². The van der Waals surface area contributed by atoms with Gasteiger partial charge in [-0.05, 0) is 38.2 Å². The third kappa shape index (κ3) is 15.2. The zero-order valence-corrected chi connectivity index (χ0v) is 13.4. The third-order valence-electron chi connectivity index (χ3n) is 3.26. The van der Waals surface area contributed by atoms with Gasteiger partial charge in [-0.15, -0.1) is 0 Å². The van der Waals surface area contributed by atoms with Gasteiger partial charge in [0, 0.05) is 0 Å². The van der Waals surface area contributed by atoms with Gasteiger partial charge in [0.2, 0.25) is 0 Å². The van der Waals surface area contributed by atoms with Crippen LogP contribution >= 0.6 is 0 Å². The summed E-state index contributed by atoms with van der Waals surface area (Å²) in [4.78, 5) is 0. The van der Waals surface area contributed by atoms with Gasteiger partial charge < -0.3 is 4.74 Å². The van der Waals surface area contributed by atoms with Crippen molar-refractivity contribution in [3.8, 4) is 0 Å². The Morgan fingerprint density at radius 1 is 0.895 bits per heavy atom. The molecule has 0 aliphatic heterocycles. The Balaban J connectivity index is 3.32. The van der Waals surface area contributed by atoms with Crippen LogP contribution in [0.4, 0.5) is 0 Å². The number of unbranched alkanes of at least 4 members (excludes halogenated alkanes) is 6. The quantitative estimate of drug-likeness (QED) is 0.213. The van der Waals surface area contributed by atoms with Crippen LogP contribution in [0.15, 0.2) is 24.0 Å². The largest absolute Gasteiger partial charge is 0.501 e. The molecule has 0 heterocycles. The minimum absolute atomic E-state index is 0.810. The molecule has 0 aliphatic rings. The summed E-state index contributed by atoms with van der Waals surface area (Å²) < 4.78 is 5.54. The fourth-order valence-corrected chi connectivity index (χ4v) is 2.04. The van der Waals surface area contributed by atoms with E-state index in [4.69, 9.17) is 4.74 Å². The van der Waals surface area contributed by atoms with Crippen LogP contribution in [0, 0.1) is 0 Å². The number of hydrogen-bond acceptors (Lipinski definition) is 1. The minimum atomic E-state index is 0.810. The van der Waals surface area contributed by atoms with E-state index in [2.05, 4.69) is 32.9 Å². The van der Waals surface area contributed by atoms with E-state index in [9.17, 15) is 0 Å². The van der Waals surface area contributed by atoms with Crippen molar-refractivity contribution in [1.82, 2.24) is 0 Å². The smallest absolute Gasteiger partial charge is 0.0907 e. The first-order valence-electron chi connectivity index (χ1n) is 8.23. The number of hydrogen-bond donors (Lipinski definition) is 0. The summed E-state index contributed by atoms with van der Waals surface area (Å²) in [5.74, 6) is 0. The maximum Gasteiger partial charge on any atom is 0.0907 e. The Kier molecular flexibility index (Phi) is 14.8. The average Bonchev–Trinajstić information content (AvgIpc) is 2.41. The standard InChI is InChI=1S/C18H34O/c1-4-6-8-10-11-12-13-15-18(3)17-19-16-14-9-7-5-2/h7,9,17H,4-6,8,10-16H2,1-3H3/b9-7-,18-17+. The predicted octanol–water partition coefficient (Wildman–Crippen LogP) is 6.40. The normalized spacial score (nSPS) is 12.3. The molecule has 0 saturated carbocycles. The molecule has 0 N–H and O–H groups in total. The number of allylic oxidation sites excluding steroid dienone is 2. The number of ether oxygens (including phenoxy) is 1. The van der Waals surface area contributed by atoms with Crippen LogP contribution < -0.4 is 0 Å². The lowest BCUT2D eigenvalue weighted by atomic mass is 10.1. The molecule has 0 aromatic carbocycles. The maximum absolute atomic E-state index is 5.54. The van der Waals surface area contributed by atoms with Crippen molar-refractivity contribution in [2.75, 3.05) is 6.61 Å². The second-order valence-corrected chi connectivity index (χ2v) is 5.37. The summed E-state index contributed by atoms with van der Waals surface area (Å²) >= 11 is 0. The van der Waals surface area contributed by atoms with Gasteiger partial charge in [-0.3, -0.25) is 0 Å². The summed E-state index contributed by atoms with van der Waals surface area (Å²) in [5.41, 5.74) is 1.38. The highest BCUT2D eigenvalue weighted by Crippen LogP contribution is 2.12. The molecule has 1 heteroatoms. The summed E-state index contributed by atoms with van der Waals surface area (Å²) in [6.07, 6.45) is 19.3.